The standard InChI is InChI=1S/C29H29NO2S/c1-29(2)13-12-25-24(16-29)26(28(31)32)27(33-25)23-11-10-21(15-22(23)17-30-3)20-9-8-18-6-4-5-7-19(18)14-20/h4-11,14-15,30H,12-13,16-17H2,1-3H3,(H,31,32). The van der Waals surface area contributed by atoms with Gasteiger partial charge in [0.15, 0.2) is 0 Å². The van der Waals surface area contributed by atoms with Gasteiger partial charge in [0.25, 0.3) is 0 Å². The molecule has 1 aromatic heterocycles. The first-order chi connectivity index (χ1) is 15.9. The molecule has 2 N–H and O–H groups in total. The number of hydrogen-bond donors (Lipinski definition) is 2. The molecule has 3 aromatic carbocycles. The number of aryl methyl sites for hydroxylation is 1. The van der Waals surface area contributed by atoms with Crippen LogP contribution < -0.4 is 5.32 Å². The van der Waals surface area contributed by atoms with Crippen LogP contribution in [0.4, 0.5) is 0 Å². The molecule has 0 radical (unpaired) electrons. The van der Waals surface area contributed by atoms with Gasteiger partial charge in [-0.15, -0.1) is 11.3 Å². The van der Waals surface area contributed by atoms with Crippen LogP contribution in [-0.2, 0) is 19.4 Å². The third-order valence-corrected chi connectivity index (χ3v) is 8.11. The molecule has 3 nitrogen and oxygen atoms in total. The average molecular weight is 456 g/mol. The van der Waals surface area contributed by atoms with Gasteiger partial charge in [-0.2, -0.15) is 0 Å². The Hall–Kier alpha value is -2.95. The topological polar surface area (TPSA) is 49.3 Å². The number of thiophene rings is 1. The Balaban J connectivity index is 1.63. The highest BCUT2D eigenvalue weighted by atomic mass is 32.1. The quantitative estimate of drug-likeness (QED) is 0.335. The summed E-state index contributed by atoms with van der Waals surface area (Å²) in [5.74, 6) is -0.811. The van der Waals surface area contributed by atoms with Crippen molar-refractivity contribution < 1.29 is 9.90 Å². The lowest BCUT2D eigenvalue weighted by atomic mass is 9.76. The van der Waals surface area contributed by atoms with Crippen molar-refractivity contribution in [1.82, 2.24) is 5.32 Å². The van der Waals surface area contributed by atoms with Gasteiger partial charge in [0.05, 0.1) is 5.56 Å². The zero-order chi connectivity index (χ0) is 23.2. The second-order valence-electron chi connectivity index (χ2n) is 9.82. The number of rotatable bonds is 5. The van der Waals surface area contributed by atoms with Crippen LogP contribution in [0, 0.1) is 5.41 Å². The molecule has 0 bridgehead atoms. The monoisotopic (exact) mass is 455 g/mol. The third-order valence-electron chi connectivity index (χ3n) is 6.79. The van der Waals surface area contributed by atoms with E-state index < -0.39 is 5.97 Å². The minimum absolute atomic E-state index is 0.142. The predicted octanol–water partition coefficient (Wildman–Crippen LogP) is 7.17. The number of aromatic carboxylic acids is 1. The van der Waals surface area contributed by atoms with Gasteiger partial charge in [-0.1, -0.05) is 62.4 Å². The largest absolute Gasteiger partial charge is 0.478 e. The van der Waals surface area contributed by atoms with Crippen LogP contribution >= 0.6 is 11.3 Å². The molecular formula is C29H29NO2S. The molecule has 168 valence electrons. The highest BCUT2D eigenvalue weighted by molar-refractivity contribution is 7.16. The van der Waals surface area contributed by atoms with Crippen molar-refractivity contribution in [2.24, 2.45) is 5.41 Å². The van der Waals surface area contributed by atoms with Crippen molar-refractivity contribution in [1.29, 1.82) is 0 Å². The summed E-state index contributed by atoms with van der Waals surface area (Å²) in [6.45, 7) is 5.16. The number of nitrogens with one attached hydrogen (secondary N) is 1. The van der Waals surface area contributed by atoms with E-state index in [0.717, 1.165) is 46.4 Å². The Bertz CT molecular complexity index is 1370. The van der Waals surface area contributed by atoms with Crippen molar-refractivity contribution in [3.63, 3.8) is 0 Å². The molecule has 0 saturated carbocycles. The smallest absolute Gasteiger partial charge is 0.337 e. The van der Waals surface area contributed by atoms with Crippen LogP contribution in [0.3, 0.4) is 0 Å². The fourth-order valence-corrected chi connectivity index (χ4v) is 6.41. The molecule has 0 spiro atoms. The van der Waals surface area contributed by atoms with Gasteiger partial charge < -0.3 is 10.4 Å². The molecule has 0 aliphatic heterocycles. The molecule has 5 rings (SSSR count). The fraction of sp³-hybridized carbons (Fsp3) is 0.276. The lowest BCUT2D eigenvalue weighted by Gasteiger charge is -2.29. The van der Waals surface area contributed by atoms with Gasteiger partial charge in [-0.25, -0.2) is 4.79 Å². The lowest BCUT2D eigenvalue weighted by molar-refractivity contribution is 0.0696. The van der Waals surface area contributed by atoms with E-state index in [1.54, 1.807) is 11.3 Å². The van der Waals surface area contributed by atoms with E-state index in [1.807, 2.05) is 7.05 Å². The van der Waals surface area contributed by atoms with Crippen molar-refractivity contribution in [2.45, 2.75) is 39.7 Å². The Kier molecular flexibility index (Phi) is 5.59. The van der Waals surface area contributed by atoms with Gasteiger partial charge in [-0.05, 0) is 82.4 Å². The maximum Gasteiger partial charge on any atom is 0.337 e. The molecule has 0 amide bonds. The molecule has 0 unspecified atom stereocenters. The van der Waals surface area contributed by atoms with Gasteiger partial charge in [0, 0.05) is 16.3 Å². The van der Waals surface area contributed by atoms with E-state index in [4.69, 9.17) is 0 Å². The average Bonchev–Trinajstić information content (AvgIpc) is 3.16. The van der Waals surface area contributed by atoms with Crippen LogP contribution in [0.5, 0.6) is 0 Å². The summed E-state index contributed by atoms with van der Waals surface area (Å²) in [4.78, 5) is 14.6. The number of carboxylic acid groups (broad SMARTS) is 1. The summed E-state index contributed by atoms with van der Waals surface area (Å²) in [5.41, 5.74) is 6.18. The van der Waals surface area contributed by atoms with Gasteiger partial charge in [0.2, 0.25) is 0 Å². The third kappa shape index (κ3) is 4.09. The van der Waals surface area contributed by atoms with Crippen molar-refractivity contribution in [3.05, 3.63) is 82.2 Å². The van der Waals surface area contributed by atoms with E-state index in [0.29, 0.717) is 12.1 Å². The van der Waals surface area contributed by atoms with Crippen LogP contribution in [0.15, 0.2) is 60.7 Å². The highest BCUT2D eigenvalue weighted by Gasteiger charge is 2.33. The van der Waals surface area contributed by atoms with Crippen molar-refractivity contribution in [2.75, 3.05) is 7.05 Å². The van der Waals surface area contributed by atoms with Gasteiger partial charge in [0.1, 0.15) is 0 Å². The first-order valence-corrected chi connectivity index (χ1v) is 12.3. The maximum atomic E-state index is 12.4. The van der Waals surface area contributed by atoms with Crippen LogP contribution in [0.25, 0.3) is 32.3 Å². The number of hydrogen-bond acceptors (Lipinski definition) is 3. The normalized spacial score (nSPS) is 14.9. The number of benzene rings is 3. The number of carboxylic acids is 1. The fourth-order valence-electron chi connectivity index (χ4n) is 5.04. The van der Waals surface area contributed by atoms with Crippen molar-refractivity contribution >= 4 is 28.1 Å². The molecule has 0 fully saturated rings. The Morgan fingerprint density at radius 1 is 1.03 bits per heavy atom. The zero-order valence-corrected chi connectivity index (χ0v) is 20.2. The molecule has 4 heteroatoms. The summed E-state index contributed by atoms with van der Waals surface area (Å²) >= 11 is 1.68. The summed E-state index contributed by atoms with van der Waals surface area (Å²) in [6, 6.07) is 21.4. The van der Waals surface area contributed by atoms with Crippen LogP contribution in [0.1, 0.15) is 46.6 Å². The molecule has 1 aliphatic carbocycles. The van der Waals surface area contributed by atoms with Crippen molar-refractivity contribution in [3.8, 4) is 21.6 Å². The summed E-state index contributed by atoms with van der Waals surface area (Å²) < 4.78 is 0. The first kappa shape index (κ1) is 21.9. The van der Waals surface area contributed by atoms with Gasteiger partial charge in [-0.3, -0.25) is 0 Å². The minimum Gasteiger partial charge on any atom is -0.478 e. The van der Waals surface area contributed by atoms with Crippen LogP contribution in [-0.4, -0.2) is 18.1 Å². The summed E-state index contributed by atoms with van der Waals surface area (Å²) in [7, 11) is 1.94. The SMILES string of the molecule is CNCc1cc(-c2ccc3ccccc3c2)ccc1-c1sc2c(c1C(=O)O)CC(C)(C)CC2. The number of carbonyl (C=O) groups is 1. The second kappa shape index (κ2) is 8.44. The van der Waals surface area contributed by atoms with E-state index in [1.165, 1.54) is 21.2 Å². The molecule has 0 saturated heterocycles. The summed E-state index contributed by atoms with van der Waals surface area (Å²) in [5, 5.41) is 15.9. The Labute approximate surface area is 199 Å². The lowest BCUT2D eigenvalue weighted by Crippen LogP contribution is -2.22. The molecule has 1 aliphatic rings. The second-order valence-corrected chi connectivity index (χ2v) is 10.9. The number of fused-ring (bicyclic) bond motifs is 2. The summed E-state index contributed by atoms with van der Waals surface area (Å²) in [6.07, 6.45) is 2.89. The van der Waals surface area contributed by atoms with Gasteiger partial charge >= 0.3 is 5.97 Å². The molecular weight excluding hydrogens is 426 g/mol. The van der Waals surface area contributed by atoms with Crippen LogP contribution in [0.2, 0.25) is 0 Å². The van der Waals surface area contributed by atoms with E-state index in [9.17, 15) is 9.90 Å². The van der Waals surface area contributed by atoms with E-state index in [2.05, 4.69) is 79.8 Å². The molecule has 1 heterocycles. The highest BCUT2D eigenvalue weighted by Crippen LogP contribution is 2.46. The first-order valence-electron chi connectivity index (χ1n) is 11.5. The molecule has 33 heavy (non-hydrogen) atoms. The molecule has 4 aromatic rings. The Morgan fingerprint density at radius 2 is 1.76 bits per heavy atom. The minimum atomic E-state index is -0.811. The molecule has 0 atom stereocenters. The maximum absolute atomic E-state index is 12.4. The van der Waals surface area contributed by atoms with E-state index >= 15 is 0 Å². The van der Waals surface area contributed by atoms with E-state index in [-0.39, 0.29) is 5.41 Å². The zero-order valence-electron chi connectivity index (χ0n) is 19.4. The predicted molar refractivity (Wildman–Crippen MR) is 138 cm³/mol. The Morgan fingerprint density at radius 3 is 2.52 bits per heavy atom.